The van der Waals surface area contributed by atoms with Crippen LogP contribution in [-0.4, -0.2) is 52.1 Å². The first-order valence-electron chi connectivity index (χ1n) is 7.41. The molecular weight excluding hydrogens is 244 g/mol. The molecule has 0 spiro atoms. The monoisotopic (exact) mass is 268 g/mol. The highest BCUT2D eigenvalue weighted by Crippen LogP contribution is 2.23. The molecule has 5 heteroatoms. The van der Waals surface area contributed by atoms with Crippen molar-refractivity contribution in [3.8, 4) is 0 Å². The van der Waals surface area contributed by atoms with Crippen molar-refractivity contribution in [2.45, 2.75) is 64.0 Å². The molecule has 5 nitrogen and oxygen atoms in total. The fraction of sp³-hybridized carbons (Fsp3) is 0.857. The van der Waals surface area contributed by atoms with Gasteiger partial charge in [0.1, 0.15) is 6.04 Å². The quantitative estimate of drug-likeness (QED) is 0.794. The van der Waals surface area contributed by atoms with E-state index in [1.807, 2.05) is 4.90 Å². The summed E-state index contributed by atoms with van der Waals surface area (Å²) in [5.74, 6) is -0.865. The number of urea groups is 1. The summed E-state index contributed by atoms with van der Waals surface area (Å²) < 4.78 is 0. The third-order valence-electron chi connectivity index (χ3n) is 4.33. The molecule has 108 valence electrons. The van der Waals surface area contributed by atoms with Crippen LogP contribution in [-0.2, 0) is 4.79 Å². The summed E-state index contributed by atoms with van der Waals surface area (Å²) in [6.07, 6.45) is 6.78. The van der Waals surface area contributed by atoms with Gasteiger partial charge in [-0.1, -0.05) is 12.8 Å². The van der Waals surface area contributed by atoms with Gasteiger partial charge in [0.2, 0.25) is 0 Å². The van der Waals surface area contributed by atoms with Crippen LogP contribution in [0.15, 0.2) is 0 Å². The molecule has 2 fully saturated rings. The van der Waals surface area contributed by atoms with E-state index in [4.69, 9.17) is 0 Å². The van der Waals surface area contributed by atoms with Crippen molar-refractivity contribution < 1.29 is 14.7 Å². The number of rotatable bonds is 1. The van der Waals surface area contributed by atoms with Crippen LogP contribution in [0.25, 0.3) is 0 Å². The third kappa shape index (κ3) is 3.19. The van der Waals surface area contributed by atoms with Crippen molar-refractivity contribution in [2.24, 2.45) is 0 Å². The van der Waals surface area contributed by atoms with Crippen molar-refractivity contribution in [1.29, 1.82) is 0 Å². The van der Waals surface area contributed by atoms with Gasteiger partial charge in [-0.15, -0.1) is 0 Å². The van der Waals surface area contributed by atoms with Crippen LogP contribution in [0.4, 0.5) is 4.79 Å². The largest absolute Gasteiger partial charge is 0.480 e. The minimum Gasteiger partial charge on any atom is -0.480 e. The molecule has 0 radical (unpaired) electrons. The summed E-state index contributed by atoms with van der Waals surface area (Å²) in [5, 5.41) is 9.26. The molecule has 2 atom stereocenters. The number of likely N-dealkylation sites (tertiary alicyclic amines) is 2. The zero-order valence-corrected chi connectivity index (χ0v) is 11.7. The van der Waals surface area contributed by atoms with E-state index in [1.165, 1.54) is 0 Å². The second-order valence-corrected chi connectivity index (χ2v) is 5.72. The fourth-order valence-electron chi connectivity index (χ4n) is 3.14. The lowest BCUT2D eigenvalue weighted by Crippen LogP contribution is -2.54. The van der Waals surface area contributed by atoms with Gasteiger partial charge in [-0.2, -0.15) is 0 Å². The standard InChI is InChI=1S/C14H24N2O3/c1-11-7-3-2-5-9-15(11)14(19)16-10-6-4-8-12(16)13(17)18/h11-12H,2-10H2,1H3,(H,17,18). The number of hydrogen-bond donors (Lipinski definition) is 1. The Morgan fingerprint density at radius 3 is 2.32 bits per heavy atom. The topological polar surface area (TPSA) is 60.9 Å². The van der Waals surface area contributed by atoms with E-state index in [0.717, 1.165) is 45.1 Å². The lowest BCUT2D eigenvalue weighted by atomic mass is 10.0. The molecule has 1 N–H and O–H groups in total. The van der Waals surface area contributed by atoms with Crippen LogP contribution < -0.4 is 0 Å². The number of aliphatic carboxylic acids is 1. The molecule has 2 amide bonds. The molecule has 0 bridgehead atoms. The molecule has 0 aromatic rings. The molecule has 2 aliphatic rings. The average Bonchev–Trinajstić information content (AvgIpc) is 2.62. The second-order valence-electron chi connectivity index (χ2n) is 5.72. The molecule has 0 saturated carbocycles. The van der Waals surface area contributed by atoms with Crippen molar-refractivity contribution in [2.75, 3.05) is 13.1 Å². The lowest BCUT2D eigenvalue weighted by molar-refractivity contribution is -0.143. The zero-order valence-electron chi connectivity index (χ0n) is 11.7. The predicted molar refractivity (Wildman–Crippen MR) is 72.0 cm³/mol. The summed E-state index contributed by atoms with van der Waals surface area (Å²) >= 11 is 0. The van der Waals surface area contributed by atoms with Gasteiger partial charge in [-0.05, 0) is 39.0 Å². The zero-order chi connectivity index (χ0) is 13.8. The maximum Gasteiger partial charge on any atom is 0.326 e. The number of amides is 2. The van der Waals surface area contributed by atoms with Crippen LogP contribution in [0.1, 0.15) is 51.9 Å². The molecule has 2 aliphatic heterocycles. The molecule has 2 saturated heterocycles. The number of nitrogens with zero attached hydrogens (tertiary/aromatic N) is 2. The highest BCUT2D eigenvalue weighted by molar-refractivity contribution is 5.83. The van der Waals surface area contributed by atoms with Crippen molar-refractivity contribution in [3.05, 3.63) is 0 Å². The van der Waals surface area contributed by atoms with Crippen LogP contribution in [0.3, 0.4) is 0 Å². The number of carbonyl (C=O) groups is 2. The lowest BCUT2D eigenvalue weighted by Gasteiger charge is -2.38. The van der Waals surface area contributed by atoms with Crippen LogP contribution in [0.5, 0.6) is 0 Å². The highest BCUT2D eigenvalue weighted by atomic mass is 16.4. The van der Waals surface area contributed by atoms with Crippen molar-refractivity contribution in [1.82, 2.24) is 9.80 Å². The fourth-order valence-corrected chi connectivity index (χ4v) is 3.14. The molecule has 0 aromatic heterocycles. The number of carboxylic acids is 1. The predicted octanol–water partition coefficient (Wildman–Crippen LogP) is 2.31. The van der Waals surface area contributed by atoms with Gasteiger partial charge in [0.25, 0.3) is 0 Å². The Morgan fingerprint density at radius 2 is 1.58 bits per heavy atom. The minimum absolute atomic E-state index is 0.0681. The first-order chi connectivity index (χ1) is 9.11. The third-order valence-corrected chi connectivity index (χ3v) is 4.33. The Balaban J connectivity index is 2.09. The molecule has 2 unspecified atom stereocenters. The van der Waals surface area contributed by atoms with Crippen LogP contribution >= 0.6 is 0 Å². The first kappa shape index (κ1) is 14.2. The van der Waals surface area contributed by atoms with E-state index < -0.39 is 12.0 Å². The van der Waals surface area contributed by atoms with Gasteiger partial charge < -0.3 is 14.9 Å². The summed E-state index contributed by atoms with van der Waals surface area (Å²) in [6, 6.07) is -0.468. The smallest absolute Gasteiger partial charge is 0.326 e. The maximum atomic E-state index is 12.6. The van der Waals surface area contributed by atoms with Gasteiger partial charge in [0.15, 0.2) is 0 Å². The van der Waals surface area contributed by atoms with Crippen molar-refractivity contribution in [3.63, 3.8) is 0 Å². The average molecular weight is 268 g/mol. The summed E-state index contributed by atoms with van der Waals surface area (Å²) in [4.78, 5) is 27.4. The number of carbonyl (C=O) groups excluding carboxylic acids is 1. The molecule has 0 aliphatic carbocycles. The van der Waals surface area contributed by atoms with Crippen LogP contribution in [0, 0.1) is 0 Å². The van der Waals surface area contributed by atoms with Gasteiger partial charge in [0, 0.05) is 19.1 Å². The second kappa shape index (κ2) is 6.26. The van der Waals surface area contributed by atoms with E-state index >= 15 is 0 Å². The summed E-state index contributed by atoms with van der Waals surface area (Å²) in [5.41, 5.74) is 0. The molecular formula is C14H24N2O3. The van der Waals surface area contributed by atoms with E-state index in [2.05, 4.69) is 6.92 Å². The van der Waals surface area contributed by atoms with Gasteiger partial charge >= 0.3 is 12.0 Å². The van der Waals surface area contributed by atoms with Gasteiger partial charge in [0.05, 0.1) is 0 Å². The van der Waals surface area contributed by atoms with E-state index in [9.17, 15) is 14.7 Å². The Morgan fingerprint density at radius 1 is 0.947 bits per heavy atom. The molecule has 2 rings (SSSR count). The van der Waals surface area contributed by atoms with Crippen LogP contribution in [0.2, 0.25) is 0 Å². The van der Waals surface area contributed by atoms with Crippen molar-refractivity contribution >= 4 is 12.0 Å². The normalized spacial score (nSPS) is 28.9. The summed E-state index contributed by atoms with van der Waals surface area (Å²) in [6.45, 7) is 3.42. The van der Waals surface area contributed by atoms with E-state index in [-0.39, 0.29) is 12.1 Å². The Labute approximate surface area is 114 Å². The SMILES string of the molecule is CC1CCCCCN1C(=O)N1CCCCC1C(=O)O. The number of hydrogen-bond acceptors (Lipinski definition) is 2. The molecule has 2 heterocycles. The van der Waals surface area contributed by atoms with Gasteiger partial charge in [-0.3, -0.25) is 0 Å². The highest BCUT2D eigenvalue weighted by Gasteiger charge is 2.35. The number of piperidine rings is 1. The summed E-state index contributed by atoms with van der Waals surface area (Å²) in [7, 11) is 0. The minimum atomic E-state index is -0.865. The molecule has 19 heavy (non-hydrogen) atoms. The Kier molecular flexibility index (Phi) is 4.66. The first-order valence-corrected chi connectivity index (χ1v) is 7.41. The number of carboxylic acid groups (broad SMARTS) is 1. The Bertz CT molecular complexity index is 346. The van der Waals surface area contributed by atoms with E-state index in [1.54, 1.807) is 4.90 Å². The van der Waals surface area contributed by atoms with E-state index in [0.29, 0.717) is 13.0 Å². The molecule has 0 aromatic carbocycles. The van der Waals surface area contributed by atoms with Gasteiger partial charge in [-0.25, -0.2) is 9.59 Å². The maximum absolute atomic E-state index is 12.6. The Hall–Kier alpha value is -1.26.